The van der Waals surface area contributed by atoms with Crippen LogP contribution in [-0.2, 0) is 6.18 Å². The lowest BCUT2D eigenvalue weighted by Gasteiger charge is -2.28. The molecule has 2 atom stereocenters. The summed E-state index contributed by atoms with van der Waals surface area (Å²) in [5, 5.41) is 12.8. The first-order valence-electron chi connectivity index (χ1n) is 10.1. The van der Waals surface area contributed by atoms with Crippen molar-refractivity contribution >= 4 is 17.3 Å². The van der Waals surface area contributed by atoms with E-state index in [0.29, 0.717) is 18.4 Å². The Morgan fingerprint density at radius 3 is 2.59 bits per heavy atom. The number of pyridine rings is 1. The van der Waals surface area contributed by atoms with E-state index in [1.54, 1.807) is 0 Å². The first-order valence-corrected chi connectivity index (χ1v) is 10.1. The zero-order chi connectivity index (χ0) is 23.0. The molecule has 0 unspecified atom stereocenters. The fourth-order valence-corrected chi connectivity index (χ4v) is 4.05. The minimum atomic E-state index is -4.64. The highest BCUT2D eigenvalue weighted by Crippen LogP contribution is 2.38. The Morgan fingerprint density at radius 2 is 1.91 bits per heavy atom. The van der Waals surface area contributed by atoms with Crippen LogP contribution in [0.3, 0.4) is 0 Å². The van der Waals surface area contributed by atoms with E-state index in [1.165, 1.54) is 35.0 Å². The number of fused-ring (bicyclic) bond motifs is 1. The third-order valence-corrected chi connectivity index (χ3v) is 5.70. The highest BCUT2D eigenvalue weighted by Gasteiger charge is 2.34. The zero-order valence-electron chi connectivity index (χ0n) is 16.9. The number of alkyl halides is 3. The molecule has 0 saturated heterocycles. The summed E-state index contributed by atoms with van der Waals surface area (Å²) in [7, 11) is 0. The van der Waals surface area contributed by atoms with Crippen LogP contribution in [0.15, 0.2) is 42.7 Å². The molecule has 7 nitrogen and oxygen atoms in total. The van der Waals surface area contributed by atoms with Crippen molar-refractivity contribution in [1.29, 1.82) is 0 Å². The fraction of sp³-hybridized carbons (Fsp3) is 0.318. The van der Waals surface area contributed by atoms with Gasteiger partial charge < -0.3 is 16.2 Å². The minimum Gasteiger partial charge on any atom is -0.391 e. The van der Waals surface area contributed by atoms with E-state index in [1.807, 2.05) is 0 Å². The second kappa shape index (κ2) is 8.27. The van der Waals surface area contributed by atoms with Crippen LogP contribution in [0.1, 0.15) is 52.2 Å². The molecule has 1 aliphatic carbocycles. The second-order valence-corrected chi connectivity index (χ2v) is 7.85. The SMILES string of the molecule is NC(=O)c1ncc2cc(-c3cc(C(=O)N[C@H]4CCCC[C@@H]4O)ccc3C(F)(F)F)ccn12. The first-order chi connectivity index (χ1) is 15.1. The normalized spacial score (nSPS) is 19.1. The monoisotopic (exact) mass is 446 g/mol. The molecule has 2 amide bonds. The van der Waals surface area contributed by atoms with Crippen LogP contribution in [0.5, 0.6) is 0 Å². The topological polar surface area (TPSA) is 110 Å². The Balaban J connectivity index is 1.73. The van der Waals surface area contributed by atoms with Crippen molar-refractivity contribution in [2.45, 2.75) is 44.0 Å². The number of hydrogen-bond acceptors (Lipinski definition) is 4. The van der Waals surface area contributed by atoms with Crippen LogP contribution in [0.2, 0.25) is 0 Å². The van der Waals surface area contributed by atoms with Crippen LogP contribution in [0.25, 0.3) is 16.6 Å². The Kier molecular flexibility index (Phi) is 5.64. The quantitative estimate of drug-likeness (QED) is 0.572. The molecule has 0 radical (unpaired) electrons. The van der Waals surface area contributed by atoms with Crippen molar-refractivity contribution in [3.05, 3.63) is 59.7 Å². The van der Waals surface area contributed by atoms with Gasteiger partial charge in [0.05, 0.1) is 29.4 Å². The Hall–Kier alpha value is -3.40. The number of aliphatic hydroxyl groups is 1. The van der Waals surface area contributed by atoms with Gasteiger partial charge in [0.2, 0.25) is 5.82 Å². The Labute approximate surface area is 181 Å². The average molecular weight is 446 g/mol. The molecule has 0 spiro atoms. The number of amides is 2. The summed E-state index contributed by atoms with van der Waals surface area (Å²) in [6.45, 7) is 0. The van der Waals surface area contributed by atoms with Crippen LogP contribution in [0.4, 0.5) is 13.2 Å². The van der Waals surface area contributed by atoms with Gasteiger partial charge >= 0.3 is 6.18 Å². The average Bonchev–Trinajstić information content (AvgIpc) is 3.18. The molecule has 1 aliphatic rings. The molecule has 168 valence electrons. The summed E-state index contributed by atoms with van der Waals surface area (Å²) in [5.41, 5.74) is 4.82. The molecule has 10 heteroatoms. The molecule has 0 aliphatic heterocycles. The van der Waals surface area contributed by atoms with Gasteiger partial charge in [0.1, 0.15) is 0 Å². The molecule has 1 aromatic carbocycles. The third-order valence-electron chi connectivity index (χ3n) is 5.70. The number of aromatic nitrogens is 2. The van der Waals surface area contributed by atoms with E-state index in [9.17, 15) is 27.9 Å². The highest BCUT2D eigenvalue weighted by atomic mass is 19.4. The maximum absolute atomic E-state index is 13.7. The zero-order valence-corrected chi connectivity index (χ0v) is 16.9. The number of rotatable bonds is 4. The van der Waals surface area contributed by atoms with Crippen molar-refractivity contribution < 1.29 is 27.9 Å². The van der Waals surface area contributed by atoms with Gasteiger partial charge in [-0.2, -0.15) is 13.2 Å². The Bertz CT molecular complexity index is 1190. The number of benzene rings is 1. The number of nitrogens with two attached hydrogens (primary N) is 1. The van der Waals surface area contributed by atoms with Crippen LogP contribution in [0, 0.1) is 0 Å². The molecule has 1 saturated carbocycles. The van der Waals surface area contributed by atoms with Gasteiger partial charge in [-0.3, -0.25) is 14.0 Å². The van der Waals surface area contributed by atoms with Gasteiger partial charge in [-0.05, 0) is 54.3 Å². The summed E-state index contributed by atoms with van der Waals surface area (Å²) in [6.07, 6.45) is 0.328. The molecule has 2 aromatic heterocycles. The summed E-state index contributed by atoms with van der Waals surface area (Å²) < 4.78 is 42.5. The summed E-state index contributed by atoms with van der Waals surface area (Å²) in [4.78, 5) is 28.1. The highest BCUT2D eigenvalue weighted by molar-refractivity contribution is 5.96. The molecular weight excluding hydrogens is 425 g/mol. The van der Waals surface area contributed by atoms with Crippen LogP contribution < -0.4 is 11.1 Å². The van der Waals surface area contributed by atoms with Gasteiger partial charge in [-0.15, -0.1) is 0 Å². The number of imidazole rings is 1. The summed E-state index contributed by atoms with van der Waals surface area (Å²) in [6, 6.07) is 5.59. The van der Waals surface area contributed by atoms with Crippen molar-refractivity contribution in [3.8, 4) is 11.1 Å². The summed E-state index contributed by atoms with van der Waals surface area (Å²) >= 11 is 0. The van der Waals surface area contributed by atoms with Crippen molar-refractivity contribution in [2.24, 2.45) is 5.73 Å². The van der Waals surface area contributed by atoms with Crippen LogP contribution in [-0.4, -0.2) is 38.5 Å². The molecular formula is C22H21F3N4O3. The van der Waals surface area contributed by atoms with Gasteiger partial charge in [0.15, 0.2) is 0 Å². The van der Waals surface area contributed by atoms with Crippen LogP contribution >= 0.6 is 0 Å². The second-order valence-electron chi connectivity index (χ2n) is 7.85. The van der Waals surface area contributed by atoms with Gasteiger partial charge in [0, 0.05) is 11.8 Å². The fourth-order valence-electron chi connectivity index (χ4n) is 4.05. The standard InChI is InChI=1S/C22H21F3N4O3/c23-22(24,25)16-6-5-13(21(32)28-17-3-1-2-4-18(17)30)10-15(16)12-7-8-29-14(9-12)11-27-20(29)19(26)31/h5-11,17-18,30H,1-4H2,(H2,26,31)(H,28,32)/t17-,18-/m0/s1. The van der Waals surface area contributed by atoms with E-state index < -0.39 is 35.7 Å². The number of aliphatic hydroxyl groups excluding tert-OH is 1. The number of nitrogens with one attached hydrogen (secondary N) is 1. The largest absolute Gasteiger partial charge is 0.417 e. The van der Waals surface area contributed by atoms with Gasteiger partial charge in [-0.25, -0.2) is 4.98 Å². The predicted molar refractivity (Wildman–Crippen MR) is 110 cm³/mol. The third kappa shape index (κ3) is 4.18. The molecule has 0 bridgehead atoms. The first kappa shape index (κ1) is 21.8. The van der Waals surface area contributed by atoms with Crippen molar-refractivity contribution in [2.75, 3.05) is 0 Å². The summed E-state index contributed by atoms with van der Waals surface area (Å²) in [5.74, 6) is -1.36. The lowest BCUT2D eigenvalue weighted by molar-refractivity contribution is -0.137. The molecule has 2 heterocycles. The smallest absolute Gasteiger partial charge is 0.391 e. The number of hydrogen-bond donors (Lipinski definition) is 3. The number of primary amides is 1. The maximum Gasteiger partial charge on any atom is 0.417 e. The van der Waals surface area contributed by atoms with E-state index in [4.69, 9.17) is 5.73 Å². The van der Waals surface area contributed by atoms with E-state index in [-0.39, 0.29) is 22.5 Å². The van der Waals surface area contributed by atoms with Gasteiger partial charge in [0.25, 0.3) is 11.8 Å². The molecule has 32 heavy (non-hydrogen) atoms. The van der Waals surface area contributed by atoms with Gasteiger partial charge in [-0.1, -0.05) is 12.8 Å². The lowest BCUT2D eigenvalue weighted by atomic mass is 9.92. The molecule has 1 fully saturated rings. The van der Waals surface area contributed by atoms with E-state index >= 15 is 0 Å². The van der Waals surface area contributed by atoms with E-state index in [2.05, 4.69) is 10.3 Å². The minimum absolute atomic E-state index is 0.0400. The number of nitrogens with zero attached hydrogens (tertiary/aromatic N) is 2. The maximum atomic E-state index is 13.7. The van der Waals surface area contributed by atoms with E-state index in [0.717, 1.165) is 25.0 Å². The molecule has 4 N–H and O–H groups in total. The number of carbonyl (C=O) groups excluding carboxylic acids is 2. The number of halogens is 3. The lowest BCUT2D eigenvalue weighted by Crippen LogP contribution is -2.45. The molecule has 4 rings (SSSR count). The number of carbonyl (C=O) groups is 2. The molecule has 3 aromatic rings. The Morgan fingerprint density at radius 1 is 1.16 bits per heavy atom. The van der Waals surface area contributed by atoms with Crippen molar-refractivity contribution in [3.63, 3.8) is 0 Å². The van der Waals surface area contributed by atoms with Crippen molar-refractivity contribution in [1.82, 2.24) is 14.7 Å². The predicted octanol–water partition coefficient (Wildman–Crippen LogP) is 3.15.